The number of carboxylic acids is 1. The highest BCUT2D eigenvalue weighted by Crippen LogP contribution is 2.05. The summed E-state index contributed by atoms with van der Waals surface area (Å²) in [4.78, 5) is 21.5. The van der Waals surface area contributed by atoms with Gasteiger partial charge in [-0.05, 0) is 0 Å². The number of nitrogens with one attached hydrogen (secondary N) is 1. The molecule has 8 nitrogen and oxygen atoms in total. The van der Waals surface area contributed by atoms with Crippen LogP contribution < -0.4 is 0 Å². The van der Waals surface area contributed by atoms with E-state index in [-0.39, 0.29) is 0 Å². The van der Waals surface area contributed by atoms with Gasteiger partial charge in [0.05, 0.1) is 0 Å². The second kappa shape index (κ2) is 3.18. The zero-order chi connectivity index (χ0) is 10.9. The predicted octanol–water partition coefficient (Wildman–Crippen LogP) is -1.31. The molecule has 14 heavy (non-hydrogen) atoms. The first-order valence-corrected chi connectivity index (χ1v) is 5.11. The number of carboxylic acid groups (broad SMARTS) is 1. The summed E-state index contributed by atoms with van der Waals surface area (Å²) < 4.78 is 21.6. The van der Waals surface area contributed by atoms with E-state index < -0.39 is 32.3 Å². The molecule has 0 atom stereocenters. The molecule has 0 aliphatic carbocycles. The lowest BCUT2D eigenvalue weighted by Gasteiger charge is -1.92. The van der Waals surface area contributed by atoms with Gasteiger partial charge in [-0.15, -0.1) is 5.10 Å². The molecule has 1 rings (SSSR count). The molecule has 0 saturated heterocycles. The maximum absolute atomic E-state index is 11.1. The van der Waals surface area contributed by atoms with Gasteiger partial charge in [0.25, 0.3) is 5.12 Å². The van der Waals surface area contributed by atoms with Crippen molar-refractivity contribution >= 4 is 20.9 Å². The summed E-state index contributed by atoms with van der Waals surface area (Å²) >= 11 is 0. The Bertz CT molecular complexity index is 487. The van der Waals surface area contributed by atoms with Crippen molar-refractivity contribution in [2.24, 2.45) is 0 Å². The number of sulfone groups is 1. The molecule has 0 fully saturated rings. The highest BCUT2D eigenvalue weighted by atomic mass is 32.2. The van der Waals surface area contributed by atoms with Crippen LogP contribution in [0.1, 0.15) is 21.0 Å². The minimum Gasteiger partial charge on any atom is -0.476 e. The quantitative estimate of drug-likeness (QED) is 0.631. The van der Waals surface area contributed by atoms with E-state index in [4.69, 9.17) is 5.11 Å². The SMILES string of the molecule is CS(=O)(=O)C(=O)c1n[nH]nc1C(=O)O. The number of hydrogen-bond acceptors (Lipinski definition) is 6. The number of hydrogen-bond donors (Lipinski definition) is 2. The van der Waals surface area contributed by atoms with Crippen LogP contribution in [0, 0.1) is 0 Å². The van der Waals surface area contributed by atoms with Gasteiger partial charge in [-0.1, -0.05) is 0 Å². The van der Waals surface area contributed by atoms with Crippen molar-refractivity contribution in [2.45, 2.75) is 0 Å². The van der Waals surface area contributed by atoms with Gasteiger partial charge in [-0.2, -0.15) is 10.3 Å². The average molecular weight is 219 g/mol. The fourth-order valence-electron chi connectivity index (χ4n) is 0.698. The van der Waals surface area contributed by atoms with Crippen LogP contribution in [0.4, 0.5) is 0 Å². The Labute approximate surface area is 77.9 Å². The Morgan fingerprint density at radius 1 is 1.29 bits per heavy atom. The summed E-state index contributed by atoms with van der Waals surface area (Å²) in [6, 6.07) is 0. The lowest BCUT2D eigenvalue weighted by atomic mass is 10.3. The molecule has 0 amide bonds. The van der Waals surface area contributed by atoms with Crippen LogP contribution in [0.3, 0.4) is 0 Å². The molecule has 0 saturated carbocycles. The number of rotatable bonds is 2. The van der Waals surface area contributed by atoms with E-state index in [2.05, 4.69) is 10.2 Å². The van der Waals surface area contributed by atoms with Crippen LogP contribution >= 0.6 is 0 Å². The molecule has 1 aromatic rings. The van der Waals surface area contributed by atoms with E-state index in [1.807, 2.05) is 5.21 Å². The van der Waals surface area contributed by atoms with Gasteiger partial charge in [0.15, 0.2) is 5.69 Å². The fourth-order valence-corrected chi connectivity index (χ4v) is 1.19. The van der Waals surface area contributed by atoms with Crippen molar-refractivity contribution in [3.8, 4) is 0 Å². The third-order valence-electron chi connectivity index (χ3n) is 1.28. The highest BCUT2D eigenvalue weighted by Gasteiger charge is 2.28. The van der Waals surface area contributed by atoms with Crippen molar-refractivity contribution in [1.29, 1.82) is 0 Å². The Kier molecular flexibility index (Phi) is 2.34. The van der Waals surface area contributed by atoms with Gasteiger partial charge in [0, 0.05) is 6.26 Å². The zero-order valence-corrected chi connectivity index (χ0v) is 7.70. The Morgan fingerprint density at radius 3 is 2.21 bits per heavy atom. The maximum Gasteiger partial charge on any atom is 0.358 e. The number of aromatic nitrogens is 3. The van der Waals surface area contributed by atoms with Gasteiger partial charge in [0.1, 0.15) is 0 Å². The van der Waals surface area contributed by atoms with Crippen LogP contribution in [0.15, 0.2) is 0 Å². The van der Waals surface area contributed by atoms with Crippen molar-refractivity contribution in [3.63, 3.8) is 0 Å². The van der Waals surface area contributed by atoms with Gasteiger partial charge in [-0.3, -0.25) is 4.79 Å². The lowest BCUT2D eigenvalue weighted by molar-refractivity contribution is 0.0687. The van der Waals surface area contributed by atoms with Crippen LogP contribution in [-0.2, 0) is 9.84 Å². The van der Waals surface area contributed by atoms with Crippen molar-refractivity contribution < 1.29 is 23.1 Å². The minimum absolute atomic E-state index is 0.662. The number of aromatic amines is 1. The number of H-pyrrole nitrogens is 1. The number of aromatic carboxylic acids is 1. The fraction of sp³-hybridized carbons (Fsp3) is 0.200. The molecule has 9 heteroatoms. The largest absolute Gasteiger partial charge is 0.476 e. The summed E-state index contributed by atoms with van der Waals surface area (Å²) in [5.74, 6) is -1.52. The monoisotopic (exact) mass is 219 g/mol. The predicted molar refractivity (Wildman–Crippen MR) is 42.5 cm³/mol. The first kappa shape index (κ1) is 10.3. The Morgan fingerprint density at radius 2 is 1.79 bits per heavy atom. The Balaban J connectivity index is 3.28. The molecule has 0 radical (unpaired) electrons. The van der Waals surface area contributed by atoms with E-state index in [0.29, 0.717) is 6.26 Å². The summed E-state index contributed by atoms with van der Waals surface area (Å²) in [5, 5.41) is 15.3. The maximum atomic E-state index is 11.1. The van der Waals surface area contributed by atoms with Crippen LogP contribution in [0.5, 0.6) is 0 Å². The first-order chi connectivity index (χ1) is 6.34. The van der Waals surface area contributed by atoms with E-state index >= 15 is 0 Å². The molecule has 0 unspecified atom stereocenters. The molecule has 0 aliphatic rings. The van der Waals surface area contributed by atoms with Crippen molar-refractivity contribution in [2.75, 3.05) is 6.26 Å². The van der Waals surface area contributed by atoms with E-state index in [1.54, 1.807) is 0 Å². The van der Waals surface area contributed by atoms with E-state index in [0.717, 1.165) is 0 Å². The van der Waals surface area contributed by atoms with Crippen LogP contribution in [0.2, 0.25) is 0 Å². The summed E-state index contributed by atoms with van der Waals surface area (Å²) in [7, 11) is -4.01. The van der Waals surface area contributed by atoms with E-state index in [1.165, 1.54) is 0 Å². The zero-order valence-electron chi connectivity index (χ0n) is 6.88. The molecular weight excluding hydrogens is 214 g/mol. The number of nitrogens with zero attached hydrogens (tertiary/aromatic N) is 2. The van der Waals surface area contributed by atoms with Gasteiger partial charge in [0.2, 0.25) is 15.5 Å². The second-order valence-corrected chi connectivity index (χ2v) is 4.30. The molecule has 0 aliphatic heterocycles. The van der Waals surface area contributed by atoms with Crippen LogP contribution in [-0.4, -0.2) is 46.3 Å². The number of carbonyl (C=O) groups is 2. The molecule has 0 bridgehead atoms. The number of carbonyl (C=O) groups excluding carboxylic acids is 1. The standard InChI is InChI=1S/C5H5N3O5S/c1-14(12,13)5(11)3-2(4(9)10)6-8-7-3/h1H3,(H,9,10)(H,6,7,8). The summed E-state index contributed by atoms with van der Waals surface area (Å²) in [6.07, 6.45) is 0.662. The first-order valence-electron chi connectivity index (χ1n) is 3.22. The van der Waals surface area contributed by atoms with Gasteiger partial charge < -0.3 is 5.11 Å². The molecule has 0 spiro atoms. The normalized spacial score (nSPS) is 11.2. The minimum atomic E-state index is -4.01. The lowest BCUT2D eigenvalue weighted by Crippen LogP contribution is -2.16. The molecule has 1 heterocycles. The summed E-state index contributed by atoms with van der Waals surface area (Å²) in [6.45, 7) is 0. The van der Waals surface area contributed by atoms with Crippen molar-refractivity contribution in [1.82, 2.24) is 15.4 Å². The molecular formula is C5H5N3O5S. The van der Waals surface area contributed by atoms with E-state index in [9.17, 15) is 18.0 Å². The van der Waals surface area contributed by atoms with Crippen molar-refractivity contribution in [3.05, 3.63) is 11.4 Å². The smallest absolute Gasteiger partial charge is 0.358 e. The van der Waals surface area contributed by atoms with Gasteiger partial charge >= 0.3 is 5.97 Å². The average Bonchev–Trinajstić information content (AvgIpc) is 2.48. The summed E-state index contributed by atoms with van der Waals surface area (Å²) in [5.41, 5.74) is -1.42. The van der Waals surface area contributed by atoms with Crippen LogP contribution in [0.25, 0.3) is 0 Å². The Hall–Kier alpha value is -1.77. The second-order valence-electron chi connectivity index (χ2n) is 2.39. The molecule has 1 aromatic heterocycles. The topological polar surface area (TPSA) is 130 Å². The molecule has 76 valence electrons. The third-order valence-corrected chi connectivity index (χ3v) is 2.15. The molecule has 0 aromatic carbocycles. The molecule has 2 N–H and O–H groups in total. The highest BCUT2D eigenvalue weighted by molar-refractivity contribution is 8.06. The third kappa shape index (κ3) is 1.76. The van der Waals surface area contributed by atoms with Gasteiger partial charge in [-0.25, -0.2) is 13.2 Å².